The normalized spacial score (nSPS) is 12.7. The summed E-state index contributed by atoms with van der Waals surface area (Å²) in [5.41, 5.74) is 9.35. The molecule has 0 amide bonds. The number of aromatic nitrogens is 2. The molecule has 1 heterocycles. The van der Waals surface area contributed by atoms with Gasteiger partial charge in [-0.2, -0.15) is 5.10 Å². The van der Waals surface area contributed by atoms with Crippen LogP contribution in [0.4, 0.5) is 4.39 Å². The smallest absolute Gasteiger partial charge is 0.130 e. The first-order valence-electron chi connectivity index (χ1n) is 6.66. The third-order valence-electron chi connectivity index (χ3n) is 3.54. The maximum Gasteiger partial charge on any atom is 0.130 e. The minimum atomic E-state index is -0.383. The molecular formula is C15H19BrFN3. The van der Waals surface area contributed by atoms with Crippen LogP contribution in [0.1, 0.15) is 35.5 Å². The Hall–Kier alpha value is -1.20. The first-order chi connectivity index (χ1) is 9.45. The summed E-state index contributed by atoms with van der Waals surface area (Å²) in [7, 11) is 1.89. The van der Waals surface area contributed by atoms with Crippen LogP contribution in [-0.4, -0.2) is 9.78 Å². The summed E-state index contributed by atoms with van der Waals surface area (Å²) in [6.45, 7) is 3.80. The highest BCUT2D eigenvalue weighted by atomic mass is 79.9. The summed E-state index contributed by atoms with van der Waals surface area (Å²) >= 11 is 3.56. The van der Waals surface area contributed by atoms with Gasteiger partial charge in [0.15, 0.2) is 0 Å². The standard InChI is InChI=1S/C15H19BrFN3/c1-4-12-14(16)13(20(3)19-12)8-11(18)10-7-5-6-9(2)15(10)17/h5-7,11H,4,8,18H2,1-3H3. The minimum Gasteiger partial charge on any atom is -0.324 e. The number of benzene rings is 1. The van der Waals surface area contributed by atoms with Crippen molar-refractivity contribution in [2.45, 2.75) is 32.7 Å². The Kier molecular flexibility index (Phi) is 4.60. The lowest BCUT2D eigenvalue weighted by Crippen LogP contribution is -2.17. The van der Waals surface area contributed by atoms with Gasteiger partial charge in [-0.1, -0.05) is 25.1 Å². The van der Waals surface area contributed by atoms with Crippen molar-refractivity contribution in [2.75, 3.05) is 0 Å². The maximum absolute atomic E-state index is 14.1. The molecule has 0 aliphatic rings. The van der Waals surface area contributed by atoms with Gasteiger partial charge in [-0.15, -0.1) is 0 Å². The topological polar surface area (TPSA) is 43.8 Å². The summed E-state index contributed by atoms with van der Waals surface area (Å²) in [5, 5.41) is 4.44. The fourth-order valence-electron chi connectivity index (χ4n) is 2.32. The van der Waals surface area contributed by atoms with E-state index in [9.17, 15) is 4.39 Å². The van der Waals surface area contributed by atoms with Crippen molar-refractivity contribution < 1.29 is 4.39 Å². The number of rotatable bonds is 4. The van der Waals surface area contributed by atoms with Gasteiger partial charge >= 0.3 is 0 Å². The van der Waals surface area contributed by atoms with Crippen LogP contribution in [0.2, 0.25) is 0 Å². The van der Waals surface area contributed by atoms with Crippen LogP contribution in [0, 0.1) is 12.7 Å². The van der Waals surface area contributed by atoms with Crippen molar-refractivity contribution in [1.82, 2.24) is 9.78 Å². The van der Waals surface area contributed by atoms with E-state index >= 15 is 0 Å². The van der Waals surface area contributed by atoms with Gasteiger partial charge in [0.1, 0.15) is 5.82 Å². The second-order valence-corrected chi connectivity index (χ2v) is 5.77. The Morgan fingerprint density at radius 2 is 2.15 bits per heavy atom. The summed E-state index contributed by atoms with van der Waals surface area (Å²) in [6, 6.07) is 4.95. The molecule has 1 aromatic heterocycles. The molecular weight excluding hydrogens is 321 g/mol. The molecule has 0 fully saturated rings. The zero-order valence-corrected chi connectivity index (χ0v) is 13.5. The van der Waals surface area contributed by atoms with E-state index in [1.165, 1.54) is 0 Å². The Labute approximate surface area is 127 Å². The van der Waals surface area contributed by atoms with Gasteiger partial charge in [0.25, 0.3) is 0 Å². The molecule has 2 rings (SSSR count). The molecule has 0 aliphatic carbocycles. The maximum atomic E-state index is 14.1. The van der Waals surface area contributed by atoms with Crippen molar-refractivity contribution in [2.24, 2.45) is 12.8 Å². The molecule has 5 heteroatoms. The van der Waals surface area contributed by atoms with Crippen molar-refractivity contribution >= 4 is 15.9 Å². The molecule has 20 heavy (non-hydrogen) atoms. The third kappa shape index (κ3) is 2.79. The second-order valence-electron chi connectivity index (χ2n) is 4.97. The molecule has 0 bridgehead atoms. The molecule has 3 nitrogen and oxygen atoms in total. The number of nitrogens with two attached hydrogens (primary N) is 1. The predicted octanol–water partition coefficient (Wildman–Crippen LogP) is 3.44. The molecule has 0 spiro atoms. The fourth-order valence-corrected chi connectivity index (χ4v) is 3.09. The van der Waals surface area contributed by atoms with E-state index in [0.717, 1.165) is 22.3 Å². The minimum absolute atomic E-state index is 0.214. The highest BCUT2D eigenvalue weighted by Crippen LogP contribution is 2.27. The summed E-state index contributed by atoms with van der Waals surface area (Å²) in [4.78, 5) is 0. The second kappa shape index (κ2) is 6.06. The summed E-state index contributed by atoms with van der Waals surface area (Å²) in [5.74, 6) is -0.214. The molecule has 2 N–H and O–H groups in total. The molecule has 0 saturated heterocycles. The quantitative estimate of drug-likeness (QED) is 0.927. The van der Waals surface area contributed by atoms with E-state index < -0.39 is 0 Å². The van der Waals surface area contributed by atoms with Crippen molar-refractivity contribution in [3.8, 4) is 0 Å². The Balaban J connectivity index is 2.30. The lowest BCUT2D eigenvalue weighted by Gasteiger charge is -2.14. The molecule has 0 saturated carbocycles. The van der Waals surface area contributed by atoms with E-state index in [0.29, 0.717) is 17.5 Å². The van der Waals surface area contributed by atoms with E-state index in [2.05, 4.69) is 28.0 Å². The average Bonchev–Trinajstić information content (AvgIpc) is 2.69. The molecule has 0 aliphatic heterocycles. The molecule has 1 atom stereocenters. The SMILES string of the molecule is CCc1nn(C)c(CC(N)c2cccc(C)c2F)c1Br. The Morgan fingerprint density at radius 1 is 1.45 bits per heavy atom. The number of hydrogen-bond donors (Lipinski definition) is 1. The zero-order valence-electron chi connectivity index (χ0n) is 12.0. The van der Waals surface area contributed by atoms with Crippen LogP contribution < -0.4 is 5.73 Å². The van der Waals surface area contributed by atoms with Crippen LogP contribution in [0.3, 0.4) is 0 Å². The summed E-state index contributed by atoms with van der Waals surface area (Å²) in [6.07, 6.45) is 1.40. The highest BCUT2D eigenvalue weighted by molar-refractivity contribution is 9.10. The van der Waals surface area contributed by atoms with Crippen LogP contribution in [0.5, 0.6) is 0 Å². The van der Waals surface area contributed by atoms with E-state index in [-0.39, 0.29) is 11.9 Å². The first-order valence-corrected chi connectivity index (χ1v) is 7.45. The van der Waals surface area contributed by atoms with Gasteiger partial charge in [0.05, 0.1) is 15.9 Å². The van der Waals surface area contributed by atoms with Crippen LogP contribution >= 0.6 is 15.9 Å². The van der Waals surface area contributed by atoms with Crippen LogP contribution in [0.15, 0.2) is 22.7 Å². The number of aryl methyl sites for hydroxylation is 3. The van der Waals surface area contributed by atoms with Crippen molar-refractivity contribution in [3.63, 3.8) is 0 Å². The van der Waals surface area contributed by atoms with Crippen molar-refractivity contribution in [3.05, 3.63) is 51.0 Å². The van der Waals surface area contributed by atoms with Gasteiger partial charge in [0.2, 0.25) is 0 Å². The van der Waals surface area contributed by atoms with E-state index in [4.69, 9.17) is 5.73 Å². The lowest BCUT2D eigenvalue weighted by atomic mass is 10.00. The van der Waals surface area contributed by atoms with Gasteiger partial charge in [0, 0.05) is 25.1 Å². The number of hydrogen-bond acceptors (Lipinski definition) is 2. The fraction of sp³-hybridized carbons (Fsp3) is 0.400. The lowest BCUT2D eigenvalue weighted by molar-refractivity contribution is 0.562. The van der Waals surface area contributed by atoms with Gasteiger partial charge in [-0.25, -0.2) is 4.39 Å². The van der Waals surface area contributed by atoms with Gasteiger partial charge in [-0.3, -0.25) is 4.68 Å². The van der Waals surface area contributed by atoms with Crippen LogP contribution in [-0.2, 0) is 19.9 Å². The molecule has 2 aromatic rings. The first kappa shape index (κ1) is 15.2. The van der Waals surface area contributed by atoms with Gasteiger partial charge < -0.3 is 5.73 Å². The molecule has 0 radical (unpaired) electrons. The summed E-state index contributed by atoms with van der Waals surface area (Å²) < 4.78 is 16.9. The predicted molar refractivity (Wildman–Crippen MR) is 82.1 cm³/mol. The Bertz CT molecular complexity index is 622. The number of halogens is 2. The molecule has 1 unspecified atom stereocenters. The average molecular weight is 340 g/mol. The monoisotopic (exact) mass is 339 g/mol. The van der Waals surface area contributed by atoms with E-state index in [1.807, 2.05) is 17.8 Å². The molecule has 1 aromatic carbocycles. The third-order valence-corrected chi connectivity index (χ3v) is 4.45. The number of nitrogens with zero attached hydrogens (tertiary/aromatic N) is 2. The van der Waals surface area contributed by atoms with Gasteiger partial charge in [-0.05, 0) is 34.8 Å². The highest BCUT2D eigenvalue weighted by Gasteiger charge is 2.19. The van der Waals surface area contributed by atoms with Crippen molar-refractivity contribution in [1.29, 1.82) is 0 Å². The Morgan fingerprint density at radius 3 is 2.75 bits per heavy atom. The van der Waals surface area contributed by atoms with Crippen LogP contribution in [0.25, 0.3) is 0 Å². The molecule has 108 valence electrons. The zero-order chi connectivity index (χ0) is 14.9. The largest absolute Gasteiger partial charge is 0.324 e. The van der Waals surface area contributed by atoms with E-state index in [1.54, 1.807) is 19.1 Å².